The molecular formula is C13H11F3N2. The van der Waals surface area contributed by atoms with Crippen LogP contribution in [0.5, 0.6) is 0 Å². The van der Waals surface area contributed by atoms with Crippen LogP contribution in [-0.4, -0.2) is 4.98 Å². The monoisotopic (exact) mass is 252 g/mol. The highest BCUT2D eigenvalue weighted by atomic mass is 19.4. The molecule has 0 aliphatic carbocycles. The second-order valence-electron chi connectivity index (χ2n) is 3.94. The Hall–Kier alpha value is -2.04. The van der Waals surface area contributed by atoms with Gasteiger partial charge in [0.2, 0.25) is 0 Å². The number of nitrogens with zero attached hydrogens (tertiary/aromatic N) is 1. The van der Waals surface area contributed by atoms with E-state index >= 15 is 0 Å². The molecule has 1 heterocycles. The molecule has 0 fully saturated rings. The van der Waals surface area contributed by atoms with E-state index < -0.39 is 11.7 Å². The van der Waals surface area contributed by atoms with Crippen LogP contribution in [0.15, 0.2) is 36.4 Å². The molecule has 1 aromatic heterocycles. The zero-order chi connectivity index (χ0) is 13.3. The van der Waals surface area contributed by atoms with Gasteiger partial charge in [-0.1, -0.05) is 24.3 Å². The van der Waals surface area contributed by atoms with Gasteiger partial charge in [0, 0.05) is 5.56 Å². The lowest BCUT2D eigenvalue weighted by Crippen LogP contribution is -2.10. The predicted octanol–water partition coefficient (Wildman–Crippen LogP) is 3.66. The van der Waals surface area contributed by atoms with E-state index in [0.29, 0.717) is 5.56 Å². The lowest BCUT2D eigenvalue weighted by molar-refractivity contribution is -0.137. The van der Waals surface area contributed by atoms with Gasteiger partial charge >= 0.3 is 6.18 Å². The zero-order valence-corrected chi connectivity index (χ0v) is 9.62. The summed E-state index contributed by atoms with van der Waals surface area (Å²) in [6.07, 6.45) is -4.45. The Balaban J connectivity index is 2.70. The lowest BCUT2D eigenvalue weighted by atomic mass is 10.0. The Kier molecular flexibility index (Phi) is 2.98. The third-order valence-electron chi connectivity index (χ3n) is 2.62. The summed E-state index contributed by atoms with van der Waals surface area (Å²) in [4.78, 5) is 3.83. The van der Waals surface area contributed by atoms with Crippen LogP contribution in [0, 0.1) is 6.92 Å². The topological polar surface area (TPSA) is 38.9 Å². The number of nitrogen functional groups attached to an aromatic ring is 1. The van der Waals surface area contributed by atoms with Crippen molar-refractivity contribution in [3.8, 4) is 11.3 Å². The molecule has 2 nitrogen and oxygen atoms in total. The number of halogens is 3. The van der Waals surface area contributed by atoms with Gasteiger partial charge in [0.1, 0.15) is 5.82 Å². The van der Waals surface area contributed by atoms with Crippen molar-refractivity contribution in [3.05, 3.63) is 47.5 Å². The van der Waals surface area contributed by atoms with Gasteiger partial charge in [0.15, 0.2) is 0 Å². The molecule has 1 aromatic carbocycles. The van der Waals surface area contributed by atoms with E-state index in [0.717, 1.165) is 17.7 Å². The van der Waals surface area contributed by atoms with Gasteiger partial charge in [-0.15, -0.1) is 0 Å². The van der Waals surface area contributed by atoms with E-state index in [9.17, 15) is 13.2 Å². The van der Waals surface area contributed by atoms with Crippen LogP contribution in [-0.2, 0) is 6.18 Å². The van der Waals surface area contributed by atoms with E-state index in [1.165, 1.54) is 0 Å². The van der Waals surface area contributed by atoms with Gasteiger partial charge < -0.3 is 5.73 Å². The largest absolute Gasteiger partial charge is 0.418 e. The summed E-state index contributed by atoms with van der Waals surface area (Å²) in [5, 5.41) is 0. The van der Waals surface area contributed by atoms with Gasteiger partial charge in [0.05, 0.1) is 11.3 Å². The number of aromatic nitrogens is 1. The highest BCUT2D eigenvalue weighted by molar-refractivity contribution is 5.68. The molecular weight excluding hydrogens is 241 g/mol. The standard InChI is InChI=1S/C13H11F3N2/c1-8-4-2-3-5-9(8)12-10(13(14,15)16)6-7-11(17)18-12/h2-7H,1H3,(H2,17,18). The molecule has 5 heteroatoms. The van der Waals surface area contributed by atoms with E-state index in [1.54, 1.807) is 31.2 Å². The highest BCUT2D eigenvalue weighted by Crippen LogP contribution is 2.37. The van der Waals surface area contributed by atoms with Gasteiger partial charge in [-0.2, -0.15) is 13.2 Å². The maximum absolute atomic E-state index is 12.9. The second-order valence-corrected chi connectivity index (χ2v) is 3.94. The highest BCUT2D eigenvalue weighted by Gasteiger charge is 2.34. The molecule has 0 saturated heterocycles. The molecule has 0 unspecified atom stereocenters. The SMILES string of the molecule is Cc1ccccc1-c1nc(N)ccc1C(F)(F)F. The normalized spacial score (nSPS) is 11.6. The molecule has 94 valence electrons. The maximum Gasteiger partial charge on any atom is 0.418 e. The summed E-state index contributed by atoms with van der Waals surface area (Å²) in [5.74, 6) is 0.0706. The van der Waals surface area contributed by atoms with E-state index in [-0.39, 0.29) is 11.5 Å². The van der Waals surface area contributed by atoms with Crippen LogP contribution in [0.2, 0.25) is 0 Å². The third kappa shape index (κ3) is 2.30. The smallest absolute Gasteiger partial charge is 0.384 e. The van der Waals surface area contributed by atoms with Gasteiger partial charge in [0.25, 0.3) is 0 Å². The molecule has 0 aliphatic heterocycles. The molecule has 0 saturated carbocycles. The molecule has 18 heavy (non-hydrogen) atoms. The van der Waals surface area contributed by atoms with Crippen molar-refractivity contribution < 1.29 is 13.2 Å². The number of anilines is 1. The molecule has 0 atom stereocenters. The molecule has 0 bridgehead atoms. The van der Waals surface area contributed by atoms with Crippen molar-refractivity contribution in [1.82, 2.24) is 4.98 Å². The van der Waals surface area contributed by atoms with Gasteiger partial charge in [-0.3, -0.25) is 0 Å². The Labute approximate surface area is 102 Å². The Morgan fingerprint density at radius 1 is 1.06 bits per heavy atom. The van der Waals surface area contributed by atoms with Crippen molar-refractivity contribution in [2.24, 2.45) is 0 Å². The molecule has 2 rings (SSSR count). The molecule has 0 radical (unpaired) electrons. The minimum absolute atomic E-state index is 0.0706. The minimum atomic E-state index is -4.45. The van der Waals surface area contributed by atoms with E-state index in [1.807, 2.05) is 0 Å². The number of hydrogen-bond acceptors (Lipinski definition) is 2. The Bertz CT molecular complexity index is 577. The Morgan fingerprint density at radius 2 is 1.72 bits per heavy atom. The number of hydrogen-bond donors (Lipinski definition) is 1. The summed E-state index contributed by atoms with van der Waals surface area (Å²) in [5.41, 5.74) is 5.75. The fraction of sp³-hybridized carbons (Fsp3) is 0.154. The van der Waals surface area contributed by atoms with Gasteiger partial charge in [-0.25, -0.2) is 4.98 Å². The summed E-state index contributed by atoms with van der Waals surface area (Å²) in [6.45, 7) is 1.74. The number of rotatable bonds is 1. The van der Waals surface area contributed by atoms with Crippen LogP contribution in [0.1, 0.15) is 11.1 Å². The second kappa shape index (κ2) is 4.33. The average molecular weight is 252 g/mol. The molecule has 2 N–H and O–H groups in total. The Morgan fingerprint density at radius 3 is 2.33 bits per heavy atom. The molecule has 2 aromatic rings. The van der Waals surface area contributed by atoms with Crippen molar-refractivity contribution in [3.63, 3.8) is 0 Å². The van der Waals surface area contributed by atoms with Gasteiger partial charge in [-0.05, 0) is 24.6 Å². The van der Waals surface area contributed by atoms with Crippen molar-refractivity contribution in [2.75, 3.05) is 5.73 Å². The predicted molar refractivity (Wildman–Crippen MR) is 63.8 cm³/mol. The van der Waals surface area contributed by atoms with Crippen LogP contribution >= 0.6 is 0 Å². The third-order valence-corrected chi connectivity index (χ3v) is 2.62. The molecule has 0 spiro atoms. The first-order valence-electron chi connectivity index (χ1n) is 5.29. The number of alkyl halides is 3. The number of nitrogens with two attached hydrogens (primary N) is 1. The van der Waals surface area contributed by atoms with Crippen molar-refractivity contribution in [1.29, 1.82) is 0 Å². The maximum atomic E-state index is 12.9. The van der Waals surface area contributed by atoms with Crippen LogP contribution in [0.25, 0.3) is 11.3 Å². The summed E-state index contributed by atoms with van der Waals surface area (Å²) < 4.78 is 38.7. The number of benzene rings is 1. The van der Waals surface area contributed by atoms with E-state index in [4.69, 9.17) is 5.73 Å². The van der Waals surface area contributed by atoms with Crippen molar-refractivity contribution in [2.45, 2.75) is 13.1 Å². The fourth-order valence-electron chi connectivity index (χ4n) is 1.75. The first kappa shape index (κ1) is 12.4. The first-order valence-corrected chi connectivity index (χ1v) is 5.29. The van der Waals surface area contributed by atoms with Crippen LogP contribution < -0.4 is 5.73 Å². The molecule has 0 aliphatic rings. The van der Waals surface area contributed by atoms with E-state index in [2.05, 4.69) is 4.98 Å². The average Bonchev–Trinajstić information content (AvgIpc) is 2.27. The van der Waals surface area contributed by atoms with Crippen LogP contribution in [0.3, 0.4) is 0 Å². The number of aryl methyl sites for hydroxylation is 1. The number of pyridine rings is 1. The summed E-state index contributed by atoms with van der Waals surface area (Å²) >= 11 is 0. The summed E-state index contributed by atoms with van der Waals surface area (Å²) in [6, 6.07) is 8.90. The quantitative estimate of drug-likeness (QED) is 0.841. The fourth-order valence-corrected chi connectivity index (χ4v) is 1.75. The zero-order valence-electron chi connectivity index (χ0n) is 9.62. The van der Waals surface area contributed by atoms with Crippen LogP contribution in [0.4, 0.5) is 19.0 Å². The minimum Gasteiger partial charge on any atom is -0.384 e. The summed E-state index contributed by atoms with van der Waals surface area (Å²) in [7, 11) is 0. The van der Waals surface area contributed by atoms with Crippen molar-refractivity contribution >= 4 is 5.82 Å². The first-order chi connectivity index (χ1) is 8.39. The molecule has 0 amide bonds. The lowest BCUT2D eigenvalue weighted by Gasteiger charge is -2.14.